The van der Waals surface area contributed by atoms with E-state index in [1.165, 1.54) is 6.08 Å². The van der Waals surface area contributed by atoms with Crippen molar-refractivity contribution in [3.05, 3.63) is 53.3 Å². The minimum atomic E-state index is -2.54. The van der Waals surface area contributed by atoms with Crippen LogP contribution in [0.1, 0.15) is 27.2 Å². The van der Waals surface area contributed by atoms with Crippen LogP contribution in [0.2, 0.25) is 0 Å². The summed E-state index contributed by atoms with van der Waals surface area (Å²) in [6.45, 7) is 12.7. The van der Waals surface area contributed by atoms with E-state index in [9.17, 15) is 8.78 Å². The molecular formula is C14H18F2. The Kier molecular flexibility index (Phi) is 6.36. The maximum absolute atomic E-state index is 12.8. The Morgan fingerprint density at radius 1 is 1.31 bits per heavy atom. The summed E-state index contributed by atoms with van der Waals surface area (Å²) in [7, 11) is 0. The molecule has 0 N–H and O–H groups in total. The lowest BCUT2D eigenvalue weighted by molar-refractivity contribution is 0.193. The highest BCUT2D eigenvalue weighted by Crippen LogP contribution is 2.24. The minimum Gasteiger partial charge on any atom is -0.204 e. The third-order valence-electron chi connectivity index (χ3n) is 1.92. The molecule has 0 rings (SSSR count). The Morgan fingerprint density at radius 2 is 1.88 bits per heavy atom. The third kappa shape index (κ3) is 4.90. The first-order chi connectivity index (χ1) is 7.40. The molecule has 0 aliphatic heterocycles. The van der Waals surface area contributed by atoms with Crippen LogP contribution in [-0.4, -0.2) is 6.43 Å². The van der Waals surface area contributed by atoms with Gasteiger partial charge in [0.15, 0.2) is 0 Å². The Morgan fingerprint density at radius 3 is 2.19 bits per heavy atom. The maximum Gasteiger partial charge on any atom is 0.271 e. The second-order valence-corrected chi connectivity index (χ2v) is 3.71. The van der Waals surface area contributed by atoms with Crippen molar-refractivity contribution in [2.75, 3.05) is 0 Å². The molecule has 0 heterocycles. The molecule has 0 nitrogen and oxygen atoms in total. The number of alkyl halides is 2. The summed E-state index contributed by atoms with van der Waals surface area (Å²) in [6.07, 6.45) is 1.25. The van der Waals surface area contributed by atoms with Crippen molar-refractivity contribution in [3.8, 4) is 0 Å². The van der Waals surface area contributed by atoms with Crippen LogP contribution in [0.25, 0.3) is 0 Å². The molecule has 16 heavy (non-hydrogen) atoms. The molecule has 0 atom stereocenters. The molecule has 0 bridgehead atoms. The first-order valence-corrected chi connectivity index (χ1v) is 5.10. The van der Waals surface area contributed by atoms with Gasteiger partial charge in [-0.15, -0.1) is 5.73 Å². The zero-order chi connectivity index (χ0) is 12.7. The molecule has 0 unspecified atom stereocenters. The van der Waals surface area contributed by atoms with Crippen molar-refractivity contribution in [2.24, 2.45) is 0 Å². The second-order valence-electron chi connectivity index (χ2n) is 3.71. The van der Waals surface area contributed by atoms with Gasteiger partial charge >= 0.3 is 0 Å². The zero-order valence-corrected chi connectivity index (χ0v) is 10.1. The first kappa shape index (κ1) is 14.6. The average molecular weight is 224 g/mol. The van der Waals surface area contributed by atoms with Gasteiger partial charge in [-0.1, -0.05) is 30.4 Å². The van der Waals surface area contributed by atoms with Gasteiger partial charge in [-0.25, -0.2) is 8.78 Å². The summed E-state index contributed by atoms with van der Waals surface area (Å²) >= 11 is 0. The van der Waals surface area contributed by atoms with Crippen LogP contribution < -0.4 is 0 Å². The summed E-state index contributed by atoms with van der Waals surface area (Å²) in [6, 6.07) is 0. The van der Waals surface area contributed by atoms with Crippen LogP contribution in [0.3, 0.4) is 0 Å². The van der Waals surface area contributed by atoms with Crippen LogP contribution >= 0.6 is 0 Å². The summed E-state index contributed by atoms with van der Waals surface area (Å²) in [5.74, 6) is 0. The zero-order valence-electron chi connectivity index (χ0n) is 10.1. The lowest BCUT2D eigenvalue weighted by atomic mass is 9.98. The van der Waals surface area contributed by atoms with E-state index in [1.54, 1.807) is 19.9 Å². The van der Waals surface area contributed by atoms with Crippen LogP contribution in [0, 0.1) is 0 Å². The molecule has 0 radical (unpaired) electrons. The van der Waals surface area contributed by atoms with Crippen molar-refractivity contribution in [1.82, 2.24) is 0 Å². The van der Waals surface area contributed by atoms with Gasteiger partial charge in [0.1, 0.15) is 0 Å². The lowest BCUT2D eigenvalue weighted by Gasteiger charge is -2.09. The van der Waals surface area contributed by atoms with Crippen LogP contribution in [0.4, 0.5) is 8.78 Å². The van der Waals surface area contributed by atoms with Gasteiger partial charge in [-0.3, -0.25) is 0 Å². The second kappa shape index (κ2) is 6.97. The van der Waals surface area contributed by atoms with Crippen molar-refractivity contribution < 1.29 is 8.78 Å². The highest BCUT2D eigenvalue weighted by molar-refractivity contribution is 5.45. The molecule has 88 valence electrons. The molecular weight excluding hydrogens is 206 g/mol. The number of rotatable bonds is 5. The summed E-state index contributed by atoms with van der Waals surface area (Å²) in [5, 5.41) is 0. The van der Waals surface area contributed by atoms with Gasteiger partial charge in [-0.2, -0.15) is 0 Å². The van der Waals surface area contributed by atoms with E-state index in [1.807, 2.05) is 6.92 Å². The summed E-state index contributed by atoms with van der Waals surface area (Å²) < 4.78 is 25.6. The van der Waals surface area contributed by atoms with E-state index in [0.29, 0.717) is 17.6 Å². The average Bonchev–Trinajstić information content (AvgIpc) is 2.15. The van der Waals surface area contributed by atoms with Gasteiger partial charge < -0.3 is 0 Å². The van der Waals surface area contributed by atoms with Gasteiger partial charge in [0.25, 0.3) is 6.43 Å². The molecule has 0 spiro atoms. The number of hydrogen-bond acceptors (Lipinski definition) is 0. The Balaban J connectivity index is 5.34. The summed E-state index contributed by atoms with van der Waals surface area (Å²) in [5.41, 5.74) is 4.48. The predicted octanol–water partition coefficient (Wildman–Crippen LogP) is 4.82. The van der Waals surface area contributed by atoms with Gasteiger partial charge in [0, 0.05) is 0 Å². The molecule has 0 saturated carbocycles. The highest BCUT2D eigenvalue weighted by Gasteiger charge is 2.15. The van der Waals surface area contributed by atoms with Gasteiger partial charge in [0.2, 0.25) is 0 Å². The topological polar surface area (TPSA) is 0 Å². The fourth-order valence-electron chi connectivity index (χ4n) is 1.20. The van der Waals surface area contributed by atoms with Crippen molar-refractivity contribution in [1.29, 1.82) is 0 Å². The van der Waals surface area contributed by atoms with Crippen molar-refractivity contribution >= 4 is 0 Å². The van der Waals surface area contributed by atoms with E-state index in [4.69, 9.17) is 0 Å². The van der Waals surface area contributed by atoms with Crippen LogP contribution in [0.5, 0.6) is 0 Å². The van der Waals surface area contributed by atoms with E-state index in [0.717, 1.165) is 5.57 Å². The van der Waals surface area contributed by atoms with Crippen LogP contribution in [0.15, 0.2) is 53.3 Å². The quantitative estimate of drug-likeness (QED) is 0.357. The normalized spacial score (nSPS) is 11.0. The Bertz CT molecular complexity index is 364. The standard InChI is InChI=1S/C14H18F2/c1-6-7-13(14(15)16)12(11(4)5)9-8-10(2)3/h6,9,14H,2,4,8H2,1,3,5H3/b12-9-. The Hall–Kier alpha value is -1.40. The third-order valence-corrected chi connectivity index (χ3v) is 1.92. The molecule has 0 fully saturated rings. The molecule has 0 aromatic rings. The lowest BCUT2D eigenvalue weighted by Crippen LogP contribution is -2.01. The largest absolute Gasteiger partial charge is 0.271 e. The summed E-state index contributed by atoms with van der Waals surface area (Å²) in [4.78, 5) is 0. The highest BCUT2D eigenvalue weighted by atomic mass is 19.3. The van der Waals surface area contributed by atoms with Gasteiger partial charge in [-0.05, 0) is 38.8 Å². The van der Waals surface area contributed by atoms with Gasteiger partial charge in [0.05, 0.1) is 5.57 Å². The van der Waals surface area contributed by atoms with Crippen molar-refractivity contribution in [2.45, 2.75) is 33.6 Å². The predicted molar refractivity (Wildman–Crippen MR) is 65.6 cm³/mol. The Labute approximate surface area is 96.4 Å². The minimum absolute atomic E-state index is 0.101. The molecule has 0 aliphatic carbocycles. The molecule has 0 aromatic carbocycles. The van der Waals surface area contributed by atoms with E-state index < -0.39 is 6.43 Å². The molecule has 0 aromatic heterocycles. The molecule has 0 saturated heterocycles. The smallest absolute Gasteiger partial charge is 0.204 e. The monoisotopic (exact) mass is 224 g/mol. The fourth-order valence-corrected chi connectivity index (χ4v) is 1.20. The van der Waals surface area contributed by atoms with Crippen molar-refractivity contribution in [3.63, 3.8) is 0 Å². The molecule has 0 amide bonds. The first-order valence-electron chi connectivity index (χ1n) is 5.10. The number of allylic oxidation sites excluding steroid dienone is 5. The number of halogens is 2. The van der Waals surface area contributed by atoms with E-state index >= 15 is 0 Å². The van der Waals surface area contributed by atoms with E-state index in [-0.39, 0.29) is 5.57 Å². The molecule has 0 aliphatic rings. The van der Waals surface area contributed by atoms with E-state index in [2.05, 4.69) is 18.9 Å². The fraction of sp³-hybridized carbons (Fsp3) is 0.357. The SMILES string of the molecule is C=C(C)C/C=C(/C(=C)C)C(=C=CC)C(F)F. The molecule has 2 heteroatoms. The van der Waals surface area contributed by atoms with Crippen LogP contribution in [-0.2, 0) is 0 Å². The maximum atomic E-state index is 12.8. The number of hydrogen-bond donors (Lipinski definition) is 0.